The zero-order valence-electron chi connectivity index (χ0n) is 21.0. The van der Waals surface area contributed by atoms with Crippen LogP contribution in [0.15, 0.2) is 0 Å². The van der Waals surface area contributed by atoms with Gasteiger partial charge in [0.05, 0.1) is 6.07 Å². The molecule has 36 heavy (non-hydrogen) atoms. The Morgan fingerprint density at radius 1 is 1.08 bits per heavy atom. The first kappa shape index (κ1) is 27.7. The number of hydrogen-bond acceptors (Lipinski definition) is 5. The van der Waals surface area contributed by atoms with Crippen LogP contribution in [0.5, 0.6) is 0 Å². The Kier molecular flexibility index (Phi) is 7.37. The highest BCUT2D eigenvalue weighted by Gasteiger charge is 2.52. The third kappa shape index (κ3) is 6.89. The summed E-state index contributed by atoms with van der Waals surface area (Å²) < 4.78 is 38.5. The molecular formula is C24H34F3N5O4. The Hall–Kier alpha value is -2.84. The minimum atomic E-state index is -5.17. The van der Waals surface area contributed by atoms with Gasteiger partial charge in [-0.2, -0.15) is 18.4 Å². The number of carbonyl (C=O) groups is 4. The molecule has 0 bridgehead atoms. The van der Waals surface area contributed by atoms with E-state index in [2.05, 4.69) is 16.0 Å². The molecule has 3 fully saturated rings. The zero-order valence-corrected chi connectivity index (χ0v) is 21.0. The van der Waals surface area contributed by atoms with E-state index in [1.807, 2.05) is 13.0 Å². The molecule has 1 saturated heterocycles. The molecule has 1 aliphatic heterocycles. The Balaban J connectivity index is 1.69. The van der Waals surface area contributed by atoms with Gasteiger partial charge in [-0.3, -0.25) is 19.2 Å². The highest BCUT2D eigenvalue weighted by atomic mass is 19.4. The predicted molar refractivity (Wildman–Crippen MR) is 122 cm³/mol. The van der Waals surface area contributed by atoms with Gasteiger partial charge in [-0.25, -0.2) is 0 Å². The molecule has 1 heterocycles. The van der Waals surface area contributed by atoms with Crippen LogP contribution in [0, 0.1) is 28.1 Å². The van der Waals surface area contributed by atoms with Gasteiger partial charge in [-0.1, -0.05) is 27.7 Å². The quantitative estimate of drug-likeness (QED) is 0.372. The molecule has 0 aromatic heterocycles. The number of carbonyl (C=O) groups excluding carboxylic acids is 4. The molecule has 4 atom stereocenters. The molecule has 0 radical (unpaired) electrons. The van der Waals surface area contributed by atoms with Crippen LogP contribution in [0.4, 0.5) is 13.2 Å². The summed E-state index contributed by atoms with van der Waals surface area (Å²) in [6.45, 7) is 6.41. The normalized spacial score (nSPS) is 24.1. The maximum Gasteiger partial charge on any atom is 0.471 e. The summed E-state index contributed by atoms with van der Waals surface area (Å²) in [5.74, 6) is -4.39. The second-order valence-corrected chi connectivity index (χ2v) is 11.9. The van der Waals surface area contributed by atoms with E-state index >= 15 is 0 Å². The fourth-order valence-electron chi connectivity index (χ4n) is 4.61. The zero-order chi connectivity index (χ0) is 27.1. The Labute approximate surface area is 208 Å². The molecule has 3 rings (SSSR count). The van der Waals surface area contributed by atoms with E-state index in [-0.39, 0.29) is 29.7 Å². The van der Waals surface area contributed by atoms with Gasteiger partial charge in [0.25, 0.3) is 0 Å². The van der Waals surface area contributed by atoms with Crippen LogP contribution in [0.1, 0.15) is 72.6 Å². The molecule has 0 unspecified atom stereocenters. The highest BCUT2D eigenvalue weighted by Crippen LogP contribution is 2.49. The average Bonchev–Trinajstić information content (AvgIpc) is 3.64. The van der Waals surface area contributed by atoms with E-state index < -0.39 is 53.4 Å². The molecule has 9 nitrogen and oxygen atoms in total. The summed E-state index contributed by atoms with van der Waals surface area (Å²) in [4.78, 5) is 50.0. The lowest BCUT2D eigenvalue weighted by Crippen LogP contribution is -2.60. The first-order valence-corrected chi connectivity index (χ1v) is 12.2. The number of halogens is 3. The van der Waals surface area contributed by atoms with Crippen LogP contribution in [0.3, 0.4) is 0 Å². The van der Waals surface area contributed by atoms with Crippen molar-refractivity contribution < 1.29 is 32.3 Å². The Bertz CT molecular complexity index is 960. The lowest BCUT2D eigenvalue weighted by Gasteiger charge is -2.32. The molecular weight excluding hydrogens is 479 g/mol. The number of nitriles is 1. The standard InChI is InChI=1S/C24H34F3N5O4/c1-21(2,3)16(31-20(36)24(25,26)27)19(35)30-15(11-22(4)5-6-22)18(34)29-14(12-28)9-13-10-23(7-8-23)32-17(13)33/h13-16H,5-11H2,1-4H3,(H,29,34)(H,30,35)(H,31,36)(H,32,33)/t13-,14+,15+,16-/m1/s1. The molecule has 0 aromatic rings. The summed E-state index contributed by atoms with van der Waals surface area (Å²) in [5, 5.41) is 19.4. The maximum atomic E-state index is 13.2. The average molecular weight is 514 g/mol. The van der Waals surface area contributed by atoms with Crippen molar-refractivity contribution in [3.63, 3.8) is 0 Å². The summed E-state index contributed by atoms with van der Waals surface area (Å²) >= 11 is 0. The number of rotatable bonds is 9. The molecule has 2 aliphatic carbocycles. The van der Waals surface area contributed by atoms with Crippen LogP contribution in [0.2, 0.25) is 0 Å². The fraction of sp³-hybridized carbons (Fsp3) is 0.792. The van der Waals surface area contributed by atoms with E-state index in [9.17, 15) is 37.6 Å². The van der Waals surface area contributed by atoms with Crippen molar-refractivity contribution in [1.29, 1.82) is 5.26 Å². The van der Waals surface area contributed by atoms with Crippen molar-refractivity contribution in [2.75, 3.05) is 0 Å². The first-order chi connectivity index (χ1) is 16.5. The van der Waals surface area contributed by atoms with Crippen LogP contribution in [-0.2, 0) is 19.2 Å². The summed E-state index contributed by atoms with van der Waals surface area (Å²) in [6.07, 6.45) is -0.813. The van der Waals surface area contributed by atoms with Crippen molar-refractivity contribution in [2.45, 2.75) is 102 Å². The highest BCUT2D eigenvalue weighted by molar-refractivity contribution is 5.93. The second kappa shape index (κ2) is 9.56. The monoisotopic (exact) mass is 513 g/mol. The molecule has 4 amide bonds. The van der Waals surface area contributed by atoms with Crippen LogP contribution in [-0.4, -0.2) is 53.5 Å². The molecule has 3 aliphatic rings. The lowest BCUT2D eigenvalue weighted by atomic mass is 9.85. The molecule has 4 N–H and O–H groups in total. The number of nitrogens with one attached hydrogen (secondary N) is 4. The van der Waals surface area contributed by atoms with Gasteiger partial charge in [-0.05, 0) is 55.8 Å². The lowest BCUT2D eigenvalue weighted by molar-refractivity contribution is -0.175. The first-order valence-electron chi connectivity index (χ1n) is 12.2. The molecule has 1 spiro atoms. The van der Waals surface area contributed by atoms with Crippen molar-refractivity contribution in [3.8, 4) is 6.07 Å². The van der Waals surface area contributed by atoms with E-state index in [0.29, 0.717) is 6.42 Å². The number of nitrogens with zero attached hydrogens (tertiary/aromatic N) is 1. The summed E-state index contributed by atoms with van der Waals surface area (Å²) in [6, 6.07) is -1.66. The van der Waals surface area contributed by atoms with Crippen LogP contribution < -0.4 is 21.3 Å². The Morgan fingerprint density at radius 3 is 2.14 bits per heavy atom. The third-order valence-corrected chi connectivity index (χ3v) is 7.34. The van der Waals surface area contributed by atoms with Crippen molar-refractivity contribution in [1.82, 2.24) is 21.3 Å². The summed E-state index contributed by atoms with van der Waals surface area (Å²) in [5.41, 5.74) is -1.49. The topological polar surface area (TPSA) is 140 Å². The van der Waals surface area contributed by atoms with Crippen LogP contribution >= 0.6 is 0 Å². The number of alkyl halides is 3. The fourth-order valence-corrected chi connectivity index (χ4v) is 4.61. The van der Waals surface area contributed by atoms with Gasteiger partial charge in [0.1, 0.15) is 18.1 Å². The van der Waals surface area contributed by atoms with Gasteiger partial charge in [0.15, 0.2) is 0 Å². The van der Waals surface area contributed by atoms with E-state index in [1.165, 1.54) is 20.8 Å². The van der Waals surface area contributed by atoms with Crippen molar-refractivity contribution in [3.05, 3.63) is 0 Å². The maximum absolute atomic E-state index is 13.2. The smallest absolute Gasteiger partial charge is 0.350 e. The SMILES string of the molecule is CC1(C[C@H](NC(=O)[C@@H](NC(=O)C(F)(F)F)C(C)(C)C)C(=O)N[C@H](C#N)C[C@@H]2CC3(CC3)NC2=O)CC1. The van der Waals surface area contributed by atoms with E-state index in [0.717, 1.165) is 25.7 Å². The van der Waals surface area contributed by atoms with E-state index in [4.69, 9.17) is 0 Å². The number of hydrogen-bond donors (Lipinski definition) is 4. The van der Waals surface area contributed by atoms with Gasteiger partial charge in [-0.15, -0.1) is 0 Å². The predicted octanol–water partition coefficient (Wildman–Crippen LogP) is 1.82. The minimum absolute atomic E-state index is 0.125. The van der Waals surface area contributed by atoms with Crippen LogP contribution in [0.25, 0.3) is 0 Å². The third-order valence-electron chi connectivity index (χ3n) is 7.34. The van der Waals surface area contributed by atoms with Gasteiger partial charge in [0.2, 0.25) is 17.7 Å². The number of amides is 4. The van der Waals surface area contributed by atoms with Gasteiger partial charge >= 0.3 is 12.1 Å². The molecule has 200 valence electrons. The molecule has 12 heteroatoms. The van der Waals surface area contributed by atoms with Gasteiger partial charge in [0, 0.05) is 11.5 Å². The Morgan fingerprint density at radius 2 is 1.69 bits per heavy atom. The molecule has 2 saturated carbocycles. The van der Waals surface area contributed by atoms with Crippen molar-refractivity contribution in [2.24, 2.45) is 16.7 Å². The molecule has 0 aromatic carbocycles. The second-order valence-electron chi connectivity index (χ2n) is 11.9. The summed E-state index contributed by atoms with van der Waals surface area (Å²) in [7, 11) is 0. The minimum Gasteiger partial charge on any atom is -0.350 e. The van der Waals surface area contributed by atoms with Gasteiger partial charge < -0.3 is 21.3 Å². The van der Waals surface area contributed by atoms with E-state index in [1.54, 1.807) is 5.32 Å². The van der Waals surface area contributed by atoms with Crippen molar-refractivity contribution >= 4 is 23.6 Å². The largest absolute Gasteiger partial charge is 0.471 e.